The summed E-state index contributed by atoms with van der Waals surface area (Å²) >= 11 is 30.1. The maximum atomic E-state index is 6.13. The fourth-order valence-corrected chi connectivity index (χ4v) is 3.88. The molecule has 0 aliphatic heterocycles. The highest BCUT2D eigenvalue weighted by Crippen LogP contribution is 2.75. The number of aryl methyl sites for hydroxylation is 2. The maximum Gasteiger partial charge on any atom is 0.334 e. The van der Waals surface area contributed by atoms with Gasteiger partial charge >= 0.3 is 5.32 Å². The third kappa shape index (κ3) is 3.46. The maximum absolute atomic E-state index is 6.13. The number of benzene rings is 1. The Morgan fingerprint density at radius 2 is 1.73 bits per heavy atom. The van der Waals surface area contributed by atoms with E-state index < -0.39 is 10.2 Å². The van der Waals surface area contributed by atoms with Crippen LogP contribution in [0.5, 0.6) is 0 Å². The lowest BCUT2D eigenvalue weighted by Crippen LogP contribution is -2.05. The van der Waals surface area contributed by atoms with E-state index in [1.54, 1.807) is 12.0 Å². The highest BCUT2D eigenvalue weighted by molar-refractivity contribution is 8.34. The molecule has 116 valence electrons. The summed E-state index contributed by atoms with van der Waals surface area (Å²) in [5.41, 5.74) is 5.57. The number of nitrogens with zero attached hydrogens (tertiary/aromatic N) is 1. The van der Waals surface area contributed by atoms with Crippen LogP contribution in [-0.4, -0.2) is 4.57 Å². The molecular formula is C15H12Cl5NP+. The number of rotatable bonds is 3. The van der Waals surface area contributed by atoms with Gasteiger partial charge in [-0.25, -0.2) is 0 Å². The lowest BCUT2D eigenvalue weighted by molar-refractivity contribution is 0.932. The van der Waals surface area contributed by atoms with E-state index in [-0.39, 0.29) is 0 Å². The van der Waals surface area contributed by atoms with Crippen LogP contribution in [0.3, 0.4) is 0 Å². The standard InChI is InChI=1S/C15H12Cl5NP/c16-15(17)13-9-11-6-5-10-3-1-2-4-12(10)14(11)21(13)7-8-22(18,19)20/h1-4,7-9,15H,5-6H2/q+1/b8-7+. The summed E-state index contributed by atoms with van der Waals surface area (Å²) in [5.74, 6) is 1.61. The van der Waals surface area contributed by atoms with E-state index in [1.165, 1.54) is 16.7 Å². The van der Waals surface area contributed by atoms with Gasteiger partial charge in [0.05, 0.1) is 11.4 Å². The van der Waals surface area contributed by atoms with Crippen molar-refractivity contribution in [3.05, 3.63) is 53.0 Å². The van der Waals surface area contributed by atoms with E-state index in [2.05, 4.69) is 12.1 Å². The predicted octanol–water partition coefficient (Wildman–Crippen LogP) is 7.64. The number of fused-ring (bicyclic) bond motifs is 3. The van der Waals surface area contributed by atoms with Crippen LogP contribution in [0.4, 0.5) is 0 Å². The van der Waals surface area contributed by atoms with Crippen LogP contribution in [0.25, 0.3) is 17.5 Å². The first kappa shape index (κ1) is 17.0. The van der Waals surface area contributed by atoms with Crippen LogP contribution >= 0.6 is 62.2 Å². The summed E-state index contributed by atoms with van der Waals surface area (Å²) in [6, 6.07) is 10.3. The molecule has 1 aliphatic carbocycles. The molecule has 1 heterocycles. The molecule has 1 aromatic heterocycles. The summed E-state index contributed by atoms with van der Waals surface area (Å²) in [7, 11) is 0. The Morgan fingerprint density at radius 1 is 1.05 bits per heavy atom. The molecule has 0 unspecified atom stereocenters. The van der Waals surface area contributed by atoms with Crippen molar-refractivity contribution in [3.8, 4) is 11.3 Å². The second-order valence-corrected chi connectivity index (χ2v) is 13.8. The van der Waals surface area contributed by atoms with Crippen LogP contribution in [0.1, 0.15) is 21.7 Å². The summed E-state index contributed by atoms with van der Waals surface area (Å²) < 4.78 is 1.94. The second-order valence-electron chi connectivity index (χ2n) is 5.05. The minimum atomic E-state index is -2.60. The highest BCUT2D eigenvalue weighted by atomic mass is 36.1. The van der Waals surface area contributed by atoms with Gasteiger partial charge in [-0.3, -0.25) is 0 Å². The molecule has 0 saturated carbocycles. The van der Waals surface area contributed by atoms with Gasteiger partial charge in [0.2, 0.25) is 0 Å². The van der Waals surface area contributed by atoms with Gasteiger partial charge in [0.1, 0.15) is 44.4 Å². The van der Waals surface area contributed by atoms with Crippen molar-refractivity contribution in [2.75, 3.05) is 0 Å². The third-order valence-electron chi connectivity index (χ3n) is 3.69. The molecular weight excluding hydrogens is 402 g/mol. The van der Waals surface area contributed by atoms with Gasteiger partial charge in [-0.15, -0.1) is 0 Å². The third-order valence-corrected chi connectivity index (χ3v) is 5.62. The van der Waals surface area contributed by atoms with Crippen LogP contribution in [0.15, 0.2) is 36.1 Å². The van der Waals surface area contributed by atoms with Crippen LogP contribution < -0.4 is 0 Å². The largest absolute Gasteiger partial charge is 0.334 e. The Hall–Kier alpha value is 0.120. The molecule has 0 N–H and O–H groups in total. The van der Waals surface area contributed by atoms with E-state index >= 15 is 0 Å². The number of aromatic nitrogens is 1. The zero-order chi connectivity index (χ0) is 15.9. The average molecular weight is 415 g/mol. The van der Waals surface area contributed by atoms with Crippen molar-refractivity contribution in [1.29, 1.82) is 0 Å². The smallest absolute Gasteiger partial charge is 0.314 e. The molecule has 7 heteroatoms. The summed E-state index contributed by atoms with van der Waals surface area (Å²) in [6.07, 6.45) is 3.72. The molecule has 0 amide bonds. The first-order valence-electron chi connectivity index (χ1n) is 6.64. The molecule has 0 atom stereocenters. The van der Waals surface area contributed by atoms with Crippen molar-refractivity contribution in [1.82, 2.24) is 4.57 Å². The molecule has 1 nitrogen and oxygen atoms in total. The zero-order valence-corrected chi connectivity index (χ0v) is 16.0. The van der Waals surface area contributed by atoms with Crippen LogP contribution in [0, 0.1) is 0 Å². The molecule has 0 radical (unpaired) electrons. The van der Waals surface area contributed by atoms with E-state index in [1.807, 2.05) is 22.8 Å². The quantitative estimate of drug-likeness (QED) is 0.359. The van der Waals surface area contributed by atoms with E-state index in [0.717, 1.165) is 24.2 Å². The number of hydrogen-bond acceptors (Lipinski definition) is 0. The van der Waals surface area contributed by atoms with Gasteiger partial charge in [0, 0.05) is 11.8 Å². The Kier molecular flexibility index (Phi) is 5.05. The van der Waals surface area contributed by atoms with Gasteiger partial charge < -0.3 is 4.57 Å². The fraction of sp³-hybridized carbons (Fsp3) is 0.200. The number of halogens is 5. The zero-order valence-electron chi connectivity index (χ0n) is 11.3. The van der Waals surface area contributed by atoms with Crippen molar-refractivity contribution in [3.63, 3.8) is 0 Å². The highest BCUT2D eigenvalue weighted by Gasteiger charge is 2.30. The van der Waals surface area contributed by atoms with E-state index in [9.17, 15) is 0 Å². The minimum Gasteiger partial charge on any atom is -0.314 e. The predicted molar refractivity (Wildman–Crippen MR) is 102 cm³/mol. The molecule has 1 aliphatic rings. The molecule has 0 spiro atoms. The van der Waals surface area contributed by atoms with Crippen molar-refractivity contribution in [2.24, 2.45) is 0 Å². The number of hydrogen-bond donors (Lipinski definition) is 0. The lowest BCUT2D eigenvalue weighted by Gasteiger charge is -2.18. The molecule has 22 heavy (non-hydrogen) atoms. The Bertz CT molecular complexity index is 730. The monoisotopic (exact) mass is 412 g/mol. The first-order chi connectivity index (χ1) is 10.4. The Balaban J connectivity index is 2.21. The van der Waals surface area contributed by atoms with Crippen molar-refractivity contribution in [2.45, 2.75) is 17.7 Å². The first-order valence-corrected chi connectivity index (χ1v) is 12.1. The molecule has 2 aromatic rings. The molecule has 1 aromatic carbocycles. The summed E-state index contributed by atoms with van der Waals surface area (Å²) in [4.78, 5) is -0.642. The van der Waals surface area contributed by atoms with Crippen LogP contribution in [0.2, 0.25) is 0 Å². The molecule has 0 bridgehead atoms. The van der Waals surface area contributed by atoms with Gasteiger partial charge in [0.15, 0.2) is 0 Å². The Labute approximate surface area is 154 Å². The van der Waals surface area contributed by atoms with Crippen molar-refractivity contribution < 1.29 is 0 Å². The van der Waals surface area contributed by atoms with Gasteiger partial charge in [-0.2, -0.15) is 0 Å². The summed E-state index contributed by atoms with van der Waals surface area (Å²) in [6.45, 7) is 0. The van der Waals surface area contributed by atoms with Gasteiger partial charge in [0.25, 0.3) is 0 Å². The van der Waals surface area contributed by atoms with E-state index in [4.69, 9.17) is 56.9 Å². The number of alkyl halides is 2. The SMILES string of the molecule is ClC(Cl)c1cc2c(n1/C=C/[P+](Cl)(Cl)Cl)-c1ccccc1CC2. The molecule has 0 saturated heterocycles. The van der Waals surface area contributed by atoms with E-state index in [0.29, 0.717) is 0 Å². The normalized spacial score (nSPS) is 14.5. The second kappa shape index (κ2) is 6.55. The molecule has 3 rings (SSSR count). The average Bonchev–Trinajstić information content (AvgIpc) is 2.83. The summed E-state index contributed by atoms with van der Waals surface area (Å²) in [5, 5.41) is -2.60. The van der Waals surface area contributed by atoms with Crippen molar-refractivity contribution >= 4 is 68.4 Å². The molecule has 0 fully saturated rings. The van der Waals surface area contributed by atoms with Gasteiger partial charge in [-0.05, 0) is 30.0 Å². The van der Waals surface area contributed by atoms with Gasteiger partial charge in [-0.1, -0.05) is 47.5 Å². The van der Waals surface area contributed by atoms with Crippen LogP contribution in [-0.2, 0) is 12.8 Å². The Morgan fingerprint density at radius 3 is 2.41 bits per heavy atom. The topological polar surface area (TPSA) is 4.93 Å². The fourth-order valence-electron chi connectivity index (χ4n) is 2.80. The minimum absolute atomic E-state index is 0.642. The lowest BCUT2D eigenvalue weighted by atomic mass is 9.90.